The molecule has 1 heterocycles. The number of carbonyl (C=O) groups excluding carboxylic acids is 1. The second-order valence-electron chi connectivity index (χ2n) is 4.17. The number of hydrogen-bond acceptors (Lipinski definition) is 3. The summed E-state index contributed by atoms with van der Waals surface area (Å²) in [6.45, 7) is 3.30. The second kappa shape index (κ2) is 5.88. The van der Waals surface area contributed by atoms with E-state index in [0.29, 0.717) is 0 Å². The molecule has 1 saturated heterocycles. The van der Waals surface area contributed by atoms with Crippen molar-refractivity contribution in [3.8, 4) is 0 Å². The lowest BCUT2D eigenvalue weighted by Crippen LogP contribution is -2.46. The predicted molar refractivity (Wildman–Crippen MR) is 64.3 cm³/mol. The molecule has 2 rings (SSSR count). The molecule has 6 heteroatoms. The van der Waals surface area contributed by atoms with Crippen molar-refractivity contribution in [3.63, 3.8) is 0 Å². The Labute approximate surface area is 104 Å². The van der Waals surface area contributed by atoms with Crippen molar-refractivity contribution < 1.29 is 13.6 Å². The van der Waals surface area contributed by atoms with E-state index in [4.69, 9.17) is 0 Å². The highest BCUT2D eigenvalue weighted by atomic mass is 19.1. The minimum atomic E-state index is -0.760. The van der Waals surface area contributed by atoms with E-state index in [1.807, 2.05) is 4.90 Å². The summed E-state index contributed by atoms with van der Waals surface area (Å²) in [6, 6.07) is 3.49. The third-order valence-corrected chi connectivity index (χ3v) is 2.80. The first-order chi connectivity index (χ1) is 8.66. The van der Waals surface area contributed by atoms with Gasteiger partial charge >= 0.3 is 0 Å². The molecule has 0 atom stereocenters. The van der Waals surface area contributed by atoms with Crippen LogP contribution in [0.1, 0.15) is 0 Å². The van der Waals surface area contributed by atoms with Crippen molar-refractivity contribution in [3.05, 3.63) is 29.8 Å². The molecule has 1 fully saturated rings. The van der Waals surface area contributed by atoms with Crippen LogP contribution in [-0.4, -0.2) is 43.5 Å². The molecule has 0 aromatic heterocycles. The molecular weight excluding hydrogens is 240 g/mol. The number of carbonyl (C=O) groups is 1. The average Bonchev–Trinajstić information content (AvgIpc) is 2.35. The van der Waals surface area contributed by atoms with Crippen molar-refractivity contribution in [1.29, 1.82) is 0 Å². The standard InChI is InChI=1S/C12H15F2N3O/c13-9-2-1-3-10(14)12(9)16-11(18)8-17-6-4-15-5-7-17/h1-3,15H,4-8H2,(H,16,18). The third kappa shape index (κ3) is 3.24. The van der Waals surface area contributed by atoms with Gasteiger partial charge in [0.2, 0.25) is 5.91 Å². The van der Waals surface area contributed by atoms with Gasteiger partial charge in [-0.15, -0.1) is 0 Å². The summed E-state index contributed by atoms with van der Waals surface area (Å²) in [6.07, 6.45) is 0. The Morgan fingerprint density at radius 2 is 1.89 bits per heavy atom. The van der Waals surface area contributed by atoms with Crippen molar-refractivity contribution in [2.45, 2.75) is 0 Å². The molecule has 0 radical (unpaired) electrons. The molecule has 1 aromatic carbocycles. The van der Waals surface area contributed by atoms with E-state index < -0.39 is 17.5 Å². The monoisotopic (exact) mass is 255 g/mol. The van der Waals surface area contributed by atoms with Gasteiger partial charge in [-0.25, -0.2) is 8.78 Å². The Hall–Kier alpha value is -1.53. The van der Waals surface area contributed by atoms with Crippen LogP contribution >= 0.6 is 0 Å². The number of nitrogens with one attached hydrogen (secondary N) is 2. The molecule has 4 nitrogen and oxygen atoms in total. The van der Waals surface area contributed by atoms with Crippen molar-refractivity contribution in [2.24, 2.45) is 0 Å². The maximum Gasteiger partial charge on any atom is 0.238 e. The number of halogens is 2. The van der Waals surface area contributed by atoms with Gasteiger partial charge in [0.25, 0.3) is 0 Å². The zero-order valence-electron chi connectivity index (χ0n) is 9.88. The molecule has 0 unspecified atom stereocenters. The number of benzene rings is 1. The van der Waals surface area contributed by atoms with Gasteiger partial charge in [-0.3, -0.25) is 9.69 Å². The summed E-state index contributed by atoms with van der Waals surface area (Å²) in [5.74, 6) is -1.92. The van der Waals surface area contributed by atoms with Crippen LogP contribution in [-0.2, 0) is 4.79 Å². The minimum absolute atomic E-state index is 0.148. The van der Waals surface area contributed by atoms with Crippen LogP contribution in [0, 0.1) is 11.6 Å². The minimum Gasteiger partial charge on any atom is -0.320 e. The van der Waals surface area contributed by atoms with Crippen LogP contribution in [0.2, 0.25) is 0 Å². The van der Waals surface area contributed by atoms with Crippen LogP contribution in [0.25, 0.3) is 0 Å². The molecule has 1 aliphatic heterocycles. The highest BCUT2D eigenvalue weighted by Crippen LogP contribution is 2.17. The molecule has 0 spiro atoms. The maximum atomic E-state index is 13.3. The first kappa shape index (κ1) is 12.9. The summed E-state index contributed by atoms with van der Waals surface area (Å²) < 4.78 is 26.6. The number of anilines is 1. The van der Waals surface area contributed by atoms with Gasteiger partial charge in [-0.2, -0.15) is 0 Å². The summed E-state index contributed by atoms with van der Waals surface area (Å²) in [5, 5.41) is 5.44. The molecule has 1 aromatic rings. The summed E-state index contributed by atoms with van der Waals surface area (Å²) in [7, 11) is 0. The lowest BCUT2D eigenvalue weighted by atomic mass is 10.3. The first-order valence-electron chi connectivity index (χ1n) is 5.84. The molecule has 18 heavy (non-hydrogen) atoms. The van der Waals surface area contributed by atoms with Gasteiger partial charge in [-0.1, -0.05) is 6.07 Å². The fourth-order valence-electron chi connectivity index (χ4n) is 1.87. The van der Waals surface area contributed by atoms with Gasteiger partial charge < -0.3 is 10.6 Å². The average molecular weight is 255 g/mol. The van der Waals surface area contributed by atoms with Crippen molar-refractivity contribution >= 4 is 11.6 Å². The van der Waals surface area contributed by atoms with E-state index in [-0.39, 0.29) is 12.2 Å². The molecule has 98 valence electrons. The van der Waals surface area contributed by atoms with E-state index >= 15 is 0 Å². The fourth-order valence-corrected chi connectivity index (χ4v) is 1.87. The number of amides is 1. The highest BCUT2D eigenvalue weighted by Gasteiger charge is 2.16. The zero-order chi connectivity index (χ0) is 13.0. The van der Waals surface area contributed by atoms with Crippen LogP contribution in [0.4, 0.5) is 14.5 Å². The van der Waals surface area contributed by atoms with Crippen LogP contribution in [0.5, 0.6) is 0 Å². The Morgan fingerprint density at radius 1 is 1.28 bits per heavy atom. The maximum absolute atomic E-state index is 13.3. The molecule has 0 saturated carbocycles. The van der Waals surface area contributed by atoms with Gasteiger partial charge in [0.1, 0.15) is 17.3 Å². The Balaban J connectivity index is 1.94. The zero-order valence-corrected chi connectivity index (χ0v) is 9.88. The predicted octanol–water partition coefficient (Wildman–Crippen LogP) is 0.808. The topological polar surface area (TPSA) is 44.4 Å². The summed E-state index contributed by atoms with van der Waals surface area (Å²) >= 11 is 0. The van der Waals surface area contributed by atoms with E-state index in [9.17, 15) is 13.6 Å². The number of nitrogens with zero attached hydrogens (tertiary/aromatic N) is 1. The van der Waals surface area contributed by atoms with Crippen molar-refractivity contribution in [2.75, 3.05) is 38.0 Å². The van der Waals surface area contributed by atoms with Gasteiger partial charge in [0.05, 0.1) is 6.54 Å². The Kier molecular flexibility index (Phi) is 4.22. The number of hydrogen-bond donors (Lipinski definition) is 2. The Morgan fingerprint density at radius 3 is 2.50 bits per heavy atom. The normalized spacial score (nSPS) is 16.6. The molecule has 0 bridgehead atoms. The largest absolute Gasteiger partial charge is 0.320 e. The second-order valence-corrected chi connectivity index (χ2v) is 4.17. The number of piperazine rings is 1. The van der Waals surface area contributed by atoms with Crippen LogP contribution in [0.3, 0.4) is 0 Å². The van der Waals surface area contributed by atoms with Crippen LogP contribution in [0.15, 0.2) is 18.2 Å². The van der Waals surface area contributed by atoms with Crippen LogP contribution < -0.4 is 10.6 Å². The summed E-state index contributed by atoms with van der Waals surface area (Å²) in [5.41, 5.74) is -0.377. The lowest BCUT2D eigenvalue weighted by molar-refractivity contribution is -0.117. The molecule has 0 aliphatic carbocycles. The number of rotatable bonds is 3. The highest BCUT2D eigenvalue weighted by molar-refractivity contribution is 5.92. The quantitative estimate of drug-likeness (QED) is 0.840. The molecule has 1 aliphatic rings. The SMILES string of the molecule is O=C(CN1CCNCC1)Nc1c(F)cccc1F. The smallest absolute Gasteiger partial charge is 0.238 e. The van der Waals surface area contributed by atoms with Gasteiger partial charge in [0.15, 0.2) is 0 Å². The first-order valence-corrected chi connectivity index (χ1v) is 5.84. The third-order valence-electron chi connectivity index (χ3n) is 2.80. The Bertz CT molecular complexity index is 413. The van der Waals surface area contributed by atoms with E-state index in [1.54, 1.807) is 0 Å². The van der Waals surface area contributed by atoms with Gasteiger partial charge in [0, 0.05) is 26.2 Å². The van der Waals surface area contributed by atoms with Crippen molar-refractivity contribution in [1.82, 2.24) is 10.2 Å². The lowest BCUT2D eigenvalue weighted by Gasteiger charge is -2.26. The number of para-hydroxylation sites is 1. The summed E-state index contributed by atoms with van der Waals surface area (Å²) in [4.78, 5) is 13.6. The molecule has 1 amide bonds. The van der Waals surface area contributed by atoms with E-state index in [0.717, 1.165) is 38.3 Å². The fraction of sp³-hybridized carbons (Fsp3) is 0.417. The van der Waals surface area contributed by atoms with Gasteiger partial charge in [-0.05, 0) is 12.1 Å². The van der Waals surface area contributed by atoms with E-state index in [1.165, 1.54) is 6.07 Å². The molecule has 2 N–H and O–H groups in total. The van der Waals surface area contributed by atoms with E-state index in [2.05, 4.69) is 10.6 Å². The molecular formula is C12H15F2N3O.